The molecular weight excluding hydrogens is 382 g/mol. The highest BCUT2D eigenvalue weighted by Gasteiger charge is 2.11. The average Bonchev–Trinajstić information content (AvgIpc) is 3.28. The second kappa shape index (κ2) is 10.4. The molecule has 0 radical (unpaired) electrons. The van der Waals surface area contributed by atoms with E-state index in [1.807, 2.05) is 0 Å². The minimum absolute atomic E-state index is 0.0541. The topological polar surface area (TPSA) is 143 Å². The summed E-state index contributed by atoms with van der Waals surface area (Å²) in [5.74, 6) is -0.756. The Morgan fingerprint density at radius 2 is 2.08 bits per heavy atom. The summed E-state index contributed by atoms with van der Waals surface area (Å²) >= 11 is 2.57. The second-order valence-electron chi connectivity index (χ2n) is 4.94. The third-order valence-corrected chi connectivity index (χ3v) is 4.50. The average molecular weight is 399 g/mol. The summed E-state index contributed by atoms with van der Waals surface area (Å²) in [5, 5.41) is 18.0. The maximum absolute atomic E-state index is 11.8. The summed E-state index contributed by atoms with van der Waals surface area (Å²) in [4.78, 5) is 42.4. The molecule has 0 aliphatic carbocycles. The van der Waals surface area contributed by atoms with E-state index in [4.69, 9.17) is 9.94 Å². The number of aromatic nitrogens is 2. The first-order chi connectivity index (χ1) is 12.6. The Balaban J connectivity index is 1.67. The van der Waals surface area contributed by atoms with E-state index in [0.29, 0.717) is 28.8 Å². The summed E-state index contributed by atoms with van der Waals surface area (Å²) in [6.45, 7) is 0.392. The second-order valence-corrected chi connectivity index (χ2v) is 6.77. The normalized spacial score (nSPS) is 10.2. The fraction of sp³-hybridized carbons (Fsp3) is 0.357. The molecule has 26 heavy (non-hydrogen) atoms. The number of hydroxylamine groups is 1. The van der Waals surface area contributed by atoms with Gasteiger partial charge in [0.15, 0.2) is 5.13 Å². The van der Waals surface area contributed by atoms with Crippen molar-refractivity contribution in [2.75, 3.05) is 11.9 Å². The molecule has 3 amide bonds. The van der Waals surface area contributed by atoms with Crippen LogP contribution >= 0.6 is 22.7 Å². The van der Waals surface area contributed by atoms with Crippen LogP contribution in [0.3, 0.4) is 0 Å². The van der Waals surface area contributed by atoms with Gasteiger partial charge in [-0.1, -0.05) is 0 Å². The van der Waals surface area contributed by atoms with Crippen molar-refractivity contribution in [3.8, 4) is 0 Å². The number of anilines is 1. The lowest BCUT2D eigenvalue weighted by Crippen LogP contribution is -2.27. The van der Waals surface area contributed by atoms with Crippen LogP contribution in [0.15, 0.2) is 17.0 Å². The molecule has 2 aromatic rings. The zero-order valence-corrected chi connectivity index (χ0v) is 15.2. The molecule has 0 atom stereocenters. The summed E-state index contributed by atoms with van der Waals surface area (Å²) in [7, 11) is 0. The quantitative estimate of drug-likeness (QED) is 0.283. The van der Waals surface area contributed by atoms with Gasteiger partial charge in [-0.25, -0.2) is 20.2 Å². The molecule has 0 saturated heterocycles. The first-order valence-corrected chi connectivity index (χ1v) is 9.29. The number of rotatable bonds is 9. The lowest BCUT2D eigenvalue weighted by Gasteiger charge is -2.03. The zero-order valence-electron chi connectivity index (χ0n) is 13.6. The lowest BCUT2D eigenvalue weighted by molar-refractivity contribution is -0.129. The van der Waals surface area contributed by atoms with E-state index in [1.54, 1.807) is 17.0 Å². The van der Waals surface area contributed by atoms with Crippen molar-refractivity contribution < 1.29 is 24.3 Å². The van der Waals surface area contributed by atoms with Crippen LogP contribution in [0.5, 0.6) is 0 Å². The monoisotopic (exact) mass is 399 g/mol. The third-order valence-electron chi connectivity index (χ3n) is 2.94. The van der Waals surface area contributed by atoms with Crippen LogP contribution in [0, 0.1) is 0 Å². The molecule has 2 heterocycles. The van der Waals surface area contributed by atoms with Gasteiger partial charge in [0, 0.05) is 29.9 Å². The van der Waals surface area contributed by atoms with E-state index >= 15 is 0 Å². The molecule has 10 nitrogen and oxygen atoms in total. The summed E-state index contributed by atoms with van der Waals surface area (Å²) in [5.41, 5.74) is 2.03. The van der Waals surface area contributed by atoms with Crippen LogP contribution in [0.1, 0.15) is 23.5 Å². The van der Waals surface area contributed by atoms with Crippen molar-refractivity contribution in [2.45, 2.75) is 25.9 Å². The zero-order chi connectivity index (χ0) is 18.8. The standard InChI is InChI=1S/C14H17N5O5S2/c20-10(19-23)2-1-3-15-11(21)6-9-8-26-13(17-9)18-14(22)24-7-12-16-4-5-25-12/h4-5,8,23H,1-3,6-7H2,(H,15,21)(H,19,20)(H,17,18,22). The molecule has 0 spiro atoms. The largest absolute Gasteiger partial charge is 0.442 e. The highest BCUT2D eigenvalue weighted by Crippen LogP contribution is 2.16. The van der Waals surface area contributed by atoms with Gasteiger partial charge in [0.2, 0.25) is 11.8 Å². The number of thiazole rings is 2. The molecule has 0 aliphatic rings. The van der Waals surface area contributed by atoms with Gasteiger partial charge in [0.05, 0.1) is 12.1 Å². The molecule has 0 fully saturated rings. The number of hydrogen-bond acceptors (Lipinski definition) is 9. The number of carbonyl (C=O) groups excluding carboxylic acids is 3. The fourth-order valence-electron chi connectivity index (χ4n) is 1.78. The fourth-order valence-corrected chi connectivity index (χ4v) is 3.00. The molecule has 140 valence electrons. The van der Waals surface area contributed by atoms with Crippen LogP contribution in [0.4, 0.5) is 9.93 Å². The molecule has 0 aromatic carbocycles. The Kier molecular flexibility index (Phi) is 7.92. The van der Waals surface area contributed by atoms with Crippen LogP contribution in [0.2, 0.25) is 0 Å². The third kappa shape index (κ3) is 7.13. The number of amides is 3. The van der Waals surface area contributed by atoms with Crippen LogP contribution in [-0.4, -0.2) is 39.6 Å². The number of carbonyl (C=O) groups is 3. The molecule has 0 saturated carbocycles. The molecule has 12 heteroatoms. The van der Waals surface area contributed by atoms with Crippen molar-refractivity contribution >= 4 is 45.7 Å². The van der Waals surface area contributed by atoms with Gasteiger partial charge < -0.3 is 10.1 Å². The van der Waals surface area contributed by atoms with Gasteiger partial charge in [-0.2, -0.15) is 0 Å². The van der Waals surface area contributed by atoms with E-state index in [-0.39, 0.29) is 25.4 Å². The van der Waals surface area contributed by atoms with Crippen molar-refractivity contribution in [1.82, 2.24) is 20.8 Å². The maximum atomic E-state index is 11.8. The Labute approximate surface area is 156 Å². The van der Waals surface area contributed by atoms with E-state index in [1.165, 1.54) is 28.2 Å². The maximum Gasteiger partial charge on any atom is 0.413 e. The predicted octanol–water partition coefficient (Wildman–Crippen LogP) is 1.29. The molecule has 4 N–H and O–H groups in total. The Bertz CT molecular complexity index is 734. The minimum Gasteiger partial charge on any atom is -0.442 e. The van der Waals surface area contributed by atoms with Crippen molar-refractivity contribution in [2.24, 2.45) is 0 Å². The number of nitrogens with one attached hydrogen (secondary N) is 3. The Hall–Kier alpha value is -2.57. The van der Waals surface area contributed by atoms with E-state index in [9.17, 15) is 14.4 Å². The number of hydrogen-bond donors (Lipinski definition) is 4. The summed E-state index contributed by atoms with van der Waals surface area (Å²) < 4.78 is 5.01. The van der Waals surface area contributed by atoms with Gasteiger partial charge >= 0.3 is 6.09 Å². The van der Waals surface area contributed by atoms with Gasteiger partial charge in [0.1, 0.15) is 11.6 Å². The first kappa shape index (κ1) is 19.8. The highest BCUT2D eigenvalue weighted by molar-refractivity contribution is 7.13. The molecule has 2 rings (SSSR count). The van der Waals surface area contributed by atoms with E-state index in [0.717, 1.165) is 0 Å². The summed E-state index contributed by atoms with van der Waals surface area (Å²) in [6.07, 6.45) is 1.56. The first-order valence-electron chi connectivity index (χ1n) is 7.53. The van der Waals surface area contributed by atoms with Crippen molar-refractivity contribution in [1.29, 1.82) is 0 Å². The predicted molar refractivity (Wildman–Crippen MR) is 93.9 cm³/mol. The SMILES string of the molecule is O=C(CCCNC(=O)Cc1csc(NC(=O)OCc2nccs2)n1)NO. The van der Waals surface area contributed by atoms with Gasteiger partial charge in [0.25, 0.3) is 0 Å². The van der Waals surface area contributed by atoms with Crippen molar-refractivity contribution in [3.63, 3.8) is 0 Å². The number of nitrogens with zero attached hydrogens (tertiary/aromatic N) is 2. The molecule has 0 unspecified atom stereocenters. The van der Waals surface area contributed by atoms with E-state index < -0.39 is 12.0 Å². The molecule has 0 bridgehead atoms. The van der Waals surface area contributed by atoms with Crippen LogP contribution in [-0.2, 0) is 27.4 Å². The molecular formula is C14H17N5O5S2. The van der Waals surface area contributed by atoms with Gasteiger partial charge in [-0.15, -0.1) is 22.7 Å². The van der Waals surface area contributed by atoms with Gasteiger partial charge in [-0.05, 0) is 6.42 Å². The molecule has 2 aromatic heterocycles. The lowest BCUT2D eigenvalue weighted by atomic mass is 10.3. The number of ether oxygens (including phenoxy) is 1. The van der Waals surface area contributed by atoms with Crippen LogP contribution < -0.4 is 16.1 Å². The Morgan fingerprint density at radius 1 is 1.23 bits per heavy atom. The minimum atomic E-state index is -0.646. The Morgan fingerprint density at radius 3 is 2.81 bits per heavy atom. The highest BCUT2D eigenvalue weighted by atomic mass is 32.1. The summed E-state index contributed by atoms with van der Waals surface area (Å²) in [6, 6.07) is 0. The van der Waals surface area contributed by atoms with Crippen LogP contribution in [0.25, 0.3) is 0 Å². The van der Waals surface area contributed by atoms with Gasteiger partial charge in [-0.3, -0.25) is 20.1 Å². The molecule has 0 aliphatic heterocycles. The van der Waals surface area contributed by atoms with Crippen molar-refractivity contribution in [3.05, 3.63) is 27.7 Å². The smallest absolute Gasteiger partial charge is 0.413 e. The van der Waals surface area contributed by atoms with E-state index in [2.05, 4.69) is 20.6 Å².